The first kappa shape index (κ1) is 32.3. The van der Waals surface area contributed by atoms with Gasteiger partial charge in [0.1, 0.15) is 23.1 Å². The lowest BCUT2D eigenvalue weighted by Gasteiger charge is -2.35. The van der Waals surface area contributed by atoms with Gasteiger partial charge in [0.25, 0.3) is 0 Å². The van der Waals surface area contributed by atoms with E-state index in [0.717, 1.165) is 48.1 Å². The van der Waals surface area contributed by atoms with Crippen LogP contribution in [0.5, 0.6) is 5.75 Å². The molecule has 2 aromatic carbocycles. The van der Waals surface area contributed by atoms with Crippen molar-refractivity contribution in [3.05, 3.63) is 42.2 Å². The number of sulfonamides is 1. The third-order valence-electron chi connectivity index (χ3n) is 7.23. The molecule has 0 bridgehead atoms. The van der Waals surface area contributed by atoms with Crippen LogP contribution in [0.15, 0.2) is 46.2 Å². The largest absolute Gasteiger partial charge is 0.488 e. The number of benzene rings is 2. The molecule has 1 aliphatic carbocycles. The van der Waals surface area contributed by atoms with E-state index in [9.17, 15) is 44.7 Å². The Morgan fingerprint density at radius 2 is 1.76 bits per heavy atom. The van der Waals surface area contributed by atoms with Crippen molar-refractivity contribution in [3.8, 4) is 5.75 Å². The van der Waals surface area contributed by atoms with Crippen molar-refractivity contribution < 1.29 is 49.4 Å². The molecule has 0 radical (unpaired) electrons. The Bertz CT molecular complexity index is 1430. The minimum Gasteiger partial charge on any atom is -0.488 e. The number of halogens is 6. The third-order valence-corrected chi connectivity index (χ3v) is 10.4. The number of carboxylic acids is 1. The summed E-state index contributed by atoms with van der Waals surface area (Å²) >= 11 is 0.944. The maximum atomic E-state index is 14.6. The Kier molecular flexibility index (Phi) is 8.80. The Morgan fingerprint density at radius 3 is 2.31 bits per heavy atom. The number of fused-ring (bicyclic) bond motifs is 1. The molecule has 42 heavy (non-hydrogen) atoms. The average molecular weight is 641 g/mol. The predicted molar refractivity (Wildman–Crippen MR) is 145 cm³/mol. The number of ether oxygens (including phenoxy) is 1. The standard InChI is InChI=1S/C27H30F6N2O5S2/c1-25(29,24(36)37)15-40-21-11-23-20(10-22(21)41-19-12-27(32,33)13-19)35(17-6-4-16(28)5-7-17)14-18(8-9-26(2,30)31)34(3)42(23,38)39/h4-7,10-11,18-19H,8-9,12-15H2,1-3H3,(H,36,37)/t18-,25-/m1/s1. The molecule has 232 valence electrons. The van der Waals surface area contributed by atoms with E-state index in [1.165, 1.54) is 30.1 Å². The first-order valence-electron chi connectivity index (χ1n) is 13.0. The highest BCUT2D eigenvalue weighted by Crippen LogP contribution is 2.51. The van der Waals surface area contributed by atoms with Gasteiger partial charge in [0.15, 0.2) is 0 Å². The van der Waals surface area contributed by atoms with E-state index >= 15 is 0 Å². The summed E-state index contributed by atoms with van der Waals surface area (Å²) in [6, 6.07) is 6.50. The normalized spacial score (nSPS) is 22.0. The molecular weight excluding hydrogens is 610 g/mol. The van der Waals surface area contributed by atoms with Crippen LogP contribution in [-0.4, -0.2) is 72.8 Å². The molecular formula is C27H30F6N2O5S2. The van der Waals surface area contributed by atoms with Gasteiger partial charge in [-0.05, 0) is 50.6 Å². The van der Waals surface area contributed by atoms with E-state index in [1.807, 2.05) is 0 Å². The zero-order valence-corrected chi connectivity index (χ0v) is 24.6. The smallest absolute Gasteiger partial charge is 0.344 e. The summed E-state index contributed by atoms with van der Waals surface area (Å²) in [5.74, 6) is -8.60. The minimum absolute atomic E-state index is 0.0430. The number of thioether (sulfide) groups is 1. The summed E-state index contributed by atoms with van der Waals surface area (Å²) in [7, 11) is -3.19. The summed E-state index contributed by atoms with van der Waals surface area (Å²) in [6.07, 6.45) is -1.80. The van der Waals surface area contributed by atoms with Crippen LogP contribution in [0.3, 0.4) is 0 Å². The molecule has 7 nitrogen and oxygen atoms in total. The number of rotatable bonds is 10. The third kappa shape index (κ3) is 7.10. The maximum Gasteiger partial charge on any atom is 0.344 e. The lowest BCUT2D eigenvalue weighted by atomic mass is 9.94. The van der Waals surface area contributed by atoms with Gasteiger partial charge >= 0.3 is 5.97 Å². The van der Waals surface area contributed by atoms with Crippen molar-refractivity contribution >= 4 is 39.1 Å². The van der Waals surface area contributed by atoms with Gasteiger partial charge in [0.05, 0.1) is 10.6 Å². The summed E-state index contributed by atoms with van der Waals surface area (Å²) < 4.78 is 117. The van der Waals surface area contributed by atoms with Gasteiger partial charge in [-0.2, -0.15) is 4.31 Å². The fourth-order valence-corrected chi connectivity index (χ4v) is 7.62. The van der Waals surface area contributed by atoms with Crippen molar-refractivity contribution in [2.45, 2.75) is 78.1 Å². The van der Waals surface area contributed by atoms with Crippen molar-refractivity contribution in [2.75, 3.05) is 25.1 Å². The number of nitrogens with zero attached hydrogens (tertiary/aromatic N) is 2. The Labute approximate surface area is 243 Å². The lowest BCUT2D eigenvalue weighted by molar-refractivity contribution is -0.151. The van der Waals surface area contributed by atoms with Crippen LogP contribution in [0.2, 0.25) is 0 Å². The van der Waals surface area contributed by atoms with Gasteiger partial charge in [0, 0.05) is 55.9 Å². The topological polar surface area (TPSA) is 87.2 Å². The zero-order chi connectivity index (χ0) is 31.3. The first-order chi connectivity index (χ1) is 19.3. The molecule has 0 unspecified atom stereocenters. The van der Waals surface area contributed by atoms with Gasteiger partial charge in [0.2, 0.25) is 27.5 Å². The molecule has 0 saturated heterocycles. The fourth-order valence-electron chi connectivity index (χ4n) is 4.63. The predicted octanol–water partition coefficient (Wildman–Crippen LogP) is 6.48. The molecule has 1 saturated carbocycles. The molecule has 4 rings (SSSR count). The summed E-state index contributed by atoms with van der Waals surface area (Å²) in [5, 5.41) is 8.57. The second-order valence-corrected chi connectivity index (χ2v) is 14.2. The van der Waals surface area contributed by atoms with Crippen LogP contribution >= 0.6 is 11.8 Å². The molecule has 0 spiro atoms. The van der Waals surface area contributed by atoms with Gasteiger partial charge in [-0.3, -0.25) is 0 Å². The highest BCUT2D eigenvalue weighted by Gasteiger charge is 2.47. The van der Waals surface area contributed by atoms with Crippen LogP contribution in [0.25, 0.3) is 0 Å². The van der Waals surface area contributed by atoms with Crippen molar-refractivity contribution in [1.29, 1.82) is 0 Å². The van der Waals surface area contributed by atoms with Crippen molar-refractivity contribution in [2.24, 2.45) is 0 Å². The second-order valence-electron chi connectivity index (χ2n) is 10.9. The number of carboxylic acid groups (broad SMARTS) is 1. The summed E-state index contributed by atoms with van der Waals surface area (Å²) in [6.45, 7) is 0.351. The molecule has 2 aliphatic rings. The van der Waals surface area contributed by atoms with Crippen LogP contribution in [0.1, 0.15) is 39.5 Å². The minimum atomic E-state index is -4.42. The Morgan fingerprint density at radius 1 is 1.14 bits per heavy atom. The quantitative estimate of drug-likeness (QED) is 0.298. The summed E-state index contributed by atoms with van der Waals surface area (Å²) in [4.78, 5) is 12.6. The molecule has 2 aromatic rings. The van der Waals surface area contributed by atoms with Crippen LogP contribution in [-0.2, 0) is 14.8 Å². The van der Waals surface area contributed by atoms with E-state index in [0.29, 0.717) is 5.69 Å². The first-order valence-corrected chi connectivity index (χ1v) is 15.3. The van der Waals surface area contributed by atoms with Gasteiger partial charge in [-0.25, -0.2) is 39.6 Å². The molecule has 0 aromatic heterocycles. The van der Waals surface area contributed by atoms with E-state index in [2.05, 4.69) is 0 Å². The average Bonchev–Trinajstić information content (AvgIpc) is 2.93. The fraction of sp³-hybridized carbons (Fsp3) is 0.519. The lowest BCUT2D eigenvalue weighted by Crippen LogP contribution is -2.41. The molecule has 0 amide bonds. The Balaban J connectivity index is 1.86. The monoisotopic (exact) mass is 640 g/mol. The Hall–Kier alpha value is -2.65. The number of carbonyl (C=O) groups is 1. The summed E-state index contributed by atoms with van der Waals surface area (Å²) in [5.41, 5.74) is -2.48. The van der Waals surface area contributed by atoms with Crippen LogP contribution < -0.4 is 9.64 Å². The van der Waals surface area contributed by atoms with Gasteiger partial charge < -0.3 is 14.7 Å². The van der Waals surface area contributed by atoms with Crippen LogP contribution in [0, 0.1) is 5.82 Å². The highest BCUT2D eigenvalue weighted by atomic mass is 32.2. The molecule has 15 heteroatoms. The van der Waals surface area contributed by atoms with Gasteiger partial charge in [-0.1, -0.05) is 0 Å². The number of alkyl halides is 5. The number of likely N-dealkylation sites (N-methyl/N-ethyl adjacent to an activating group) is 1. The number of anilines is 2. The number of hydrogen-bond donors (Lipinski definition) is 1. The van der Waals surface area contributed by atoms with E-state index in [4.69, 9.17) is 4.74 Å². The second kappa shape index (κ2) is 11.5. The molecule has 1 heterocycles. The van der Waals surface area contributed by atoms with E-state index < -0.39 is 76.5 Å². The van der Waals surface area contributed by atoms with E-state index in [1.54, 1.807) is 0 Å². The van der Waals surface area contributed by atoms with E-state index in [-0.39, 0.29) is 34.2 Å². The maximum absolute atomic E-state index is 14.6. The molecule has 1 aliphatic heterocycles. The number of aliphatic carboxylic acids is 1. The molecule has 1 fully saturated rings. The van der Waals surface area contributed by atoms with Gasteiger partial charge in [-0.15, -0.1) is 11.8 Å². The highest BCUT2D eigenvalue weighted by molar-refractivity contribution is 8.00. The zero-order valence-electron chi connectivity index (χ0n) is 22.9. The molecule has 2 atom stereocenters. The SMILES string of the molecule is CN1[C@H](CCC(C)(F)F)CN(c2ccc(F)cc2)c2cc(SC3CC(F)(F)C3)c(OC[C@@](C)(F)C(=O)O)cc2S1(=O)=O. The van der Waals surface area contributed by atoms with Crippen molar-refractivity contribution in [3.63, 3.8) is 0 Å². The molecule has 1 N–H and O–H groups in total. The van der Waals surface area contributed by atoms with Crippen LogP contribution in [0.4, 0.5) is 37.7 Å². The number of hydrogen-bond acceptors (Lipinski definition) is 6. The van der Waals surface area contributed by atoms with Crippen molar-refractivity contribution in [1.82, 2.24) is 4.31 Å².